The van der Waals surface area contributed by atoms with Crippen LogP contribution in [0.4, 0.5) is 0 Å². The van der Waals surface area contributed by atoms with Crippen molar-refractivity contribution in [2.24, 2.45) is 0 Å². The van der Waals surface area contributed by atoms with Crippen molar-refractivity contribution >= 4 is 5.91 Å². The summed E-state index contributed by atoms with van der Waals surface area (Å²) in [5, 5.41) is 9.32. The zero-order chi connectivity index (χ0) is 8.55. The van der Waals surface area contributed by atoms with Gasteiger partial charge in [0.15, 0.2) is 0 Å². The van der Waals surface area contributed by atoms with E-state index < -0.39 is 0 Å². The molecule has 1 aliphatic carbocycles. The highest BCUT2D eigenvalue weighted by atomic mass is 16.1. The van der Waals surface area contributed by atoms with Crippen molar-refractivity contribution in [1.82, 2.24) is 15.5 Å². The van der Waals surface area contributed by atoms with Crippen LogP contribution in [0, 0.1) is 0 Å². The summed E-state index contributed by atoms with van der Waals surface area (Å²) >= 11 is 0. The molecule has 0 radical (unpaired) electrons. The van der Waals surface area contributed by atoms with Gasteiger partial charge in [-0.2, -0.15) is 5.10 Å². The van der Waals surface area contributed by atoms with E-state index in [1.54, 1.807) is 7.05 Å². The molecular formula is C8H11N3O. The maximum absolute atomic E-state index is 11.1. The van der Waals surface area contributed by atoms with Gasteiger partial charge in [-0.1, -0.05) is 0 Å². The van der Waals surface area contributed by atoms with E-state index >= 15 is 0 Å². The Balaban J connectivity index is 2.17. The molecule has 1 aromatic rings. The summed E-state index contributed by atoms with van der Waals surface area (Å²) in [7, 11) is 1.60. The van der Waals surface area contributed by atoms with Crippen LogP contribution in [0.15, 0.2) is 6.07 Å². The normalized spacial score (nSPS) is 16.1. The molecule has 0 spiro atoms. The number of aromatic amines is 1. The van der Waals surface area contributed by atoms with Crippen LogP contribution in [-0.2, 0) is 0 Å². The average molecular weight is 165 g/mol. The van der Waals surface area contributed by atoms with E-state index in [0.717, 1.165) is 5.69 Å². The molecule has 0 atom stereocenters. The minimum atomic E-state index is -0.127. The number of nitrogens with one attached hydrogen (secondary N) is 2. The Bertz CT molecular complexity index is 301. The van der Waals surface area contributed by atoms with E-state index in [0.29, 0.717) is 11.6 Å². The lowest BCUT2D eigenvalue weighted by Gasteiger charge is -1.90. The zero-order valence-electron chi connectivity index (χ0n) is 6.92. The highest BCUT2D eigenvalue weighted by Gasteiger charge is 2.26. The van der Waals surface area contributed by atoms with Crippen LogP contribution in [0.2, 0.25) is 0 Å². The Kier molecular flexibility index (Phi) is 1.60. The summed E-state index contributed by atoms with van der Waals surface area (Å²) < 4.78 is 0. The van der Waals surface area contributed by atoms with Crippen LogP contribution < -0.4 is 5.32 Å². The predicted molar refractivity (Wildman–Crippen MR) is 44.0 cm³/mol. The van der Waals surface area contributed by atoms with E-state index in [2.05, 4.69) is 15.5 Å². The SMILES string of the molecule is CNC(=O)c1cc(C2CC2)[nH]n1. The molecule has 1 fully saturated rings. The number of carbonyl (C=O) groups is 1. The molecule has 4 nitrogen and oxygen atoms in total. The van der Waals surface area contributed by atoms with Crippen LogP contribution in [0.5, 0.6) is 0 Å². The first-order chi connectivity index (χ1) is 5.81. The van der Waals surface area contributed by atoms with Crippen LogP contribution in [-0.4, -0.2) is 23.2 Å². The fourth-order valence-corrected chi connectivity index (χ4v) is 1.18. The van der Waals surface area contributed by atoms with Crippen molar-refractivity contribution < 1.29 is 4.79 Å². The van der Waals surface area contributed by atoms with Crippen molar-refractivity contribution in [3.63, 3.8) is 0 Å². The summed E-state index contributed by atoms with van der Waals surface area (Å²) in [5.74, 6) is 0.494. The number of hydrogen-bond donors (Lipinski definition) is 2. The van der Waals surface area contributed by atoms with Gasteiger partial charge < -0.3 is 5.32 Å². The lowest BCUT2D eigenvalue weighted by Crippen LogP contribution is -2.17. The number of amides is 1. The Morgan fingerprint density at radius 1 is 1.75 bits per heavy atom. The van der Waals surface area contributed by atoms with Crippen LogP contribution >= 0.6 is 0 Å². The smallest absolute Gasteiger partial charge is 0.271 e. The second-order valence-corrected chi connectivity index (χ2v) is 3.06. The first kappa shape index (κ1) is 7.34. The molecule has 1 saturated carbocycles. The molecule has 0 bridgehead atoms. The summed E-state index contributed by atoms with van der Waals surface area (Å²) in [6.45, 7) is 0. The number of carbonyl (C=O) groups excluding carboxylic acids is 1. The van der Waals surface area contributed by atoms with Gasteiger partial charge in [0, 0.05) is 18.7 Å². The van der Waals surface area contributed by atoms with Crippen LogP contribution in [0.25, 0.3) is 0 Å². The third-order valence-electron chi connectivity index (χ3n) is 2.07. The summed E-state index contributed by atoms with van der Waals surface area (Å²) in [6.07, 6.45) is 2.44. The molecule has 1 amide bonds. The second kappa shape index (κ2) is 2.62. The molecule has 0 aromatic carbocycles. The fraction of sp³-hybridized carbons (Fsp3) is 0.500. The van der Waals surface area contributed by atoms with Gasteiger partial charge in [-0.25, -0.2) is 0 Å². The summed E-state index contributed by atoms with van der Waals surface area (Å²) in [5.41, 5.74) is 1.58. The Hall–Kier alpha value is -1.32. The van der Waals surface area contributed by atoms with E-state index in [1.807, 2.05) is 6.07 Å². The molecule has 1 aromatic heterocycles. The van der Waals surface area contributed by atoms with Gasteiger partial charge >= 0.3 is 0 Å². The Morgan fingerprint density at radius 3 is 3.08 bits per heavy atom. The van der Waals surface area contributed by atoms with Gasteiger partial charge in [-0.3, -0.25) is 9.89 Å². The number of rotatable bonds is 2. The van der Waals surface area contributed by atoms with Crippen molar-refractivity contribution in [3.8, 4) is 0 Å². The average Bonchev–Trinajstić information content (AvgIpc) is 2.83. The molecule has 1 aliphatic rings. The fourth-order valence-electron chi connectivity index (χ4n) is 1.18. The molecule has 0 saturated heterocycles. The maximum atomic E-state index is 11.1. The number of H-pyrrole nitrogens is 1. The third-order valence-corrected chi connectivity index (χ3v) is 2.07. The van der Waals surface area contributed by atoms with Crippen LogP contribution in [0.3, 0.4) is 0 Å². The summed E-state index contributed by atoms with van der Waals surface area (Å²) in [6, 6.07) is 1.83. The van der Waals surface area contributed by atoms with Crippen LogP contribution in [0.1, 0.15) is 34.9 Å². The molecule has 64 valence electrons. The number of hydrogen-bond acceptors (Lipinski definition) is 2. The van der Waals surface area contributed by atoms with Gasteiger partial charge in [0.2, 0.25) is 0 Å². The Labute approximate surface area is 70.4 Å². The highest BCUT2D eigenvalue weighted by Crippen LogP contribution is 2.38. The monoisotopic (exact) mass is 165 g/mol. The number of nitrogens with zero attached hydrogens (tertiary/aromatic N) is 1. The van der Waals surface area contributed by atoms with Gasteiger partial charge in [-0.05, 0) is 18.9 Å². The van der Waals surface area contributed by atoms with E-state index in [9.17, 15) is 4.79 Å². The highest BCUT2D eigenvalue weighted by molar-refractivity contribution is 5.92. The maximum Gasteiger partial charge on any atom is 0.271 e. The van der Waals surface area contributed by atoms with Gasteiger partial charge in [-0.15, -0.1) is 0 Å². The molecule has 0 aliphatic heterocycles. The lowest BCUT2D eigenvalue weighted by molar-refractivity contribution is 0.0958. The molecule has 0 unspecified atom stereocenters. The van der Waals surface area contributed by atoms with Crippen molar-refractivity contribution in [2.45, 2.75) is 18.8 Å². The summed E-state index contributed by atoms with van der Waals surface area (Å²) in [4.78, 5) is 11.1. The van der Waals surface area contributed by atoms with Crippen molar-refractivity contribution in [1.29, 1.82) is 0 Å². The molecular weight excluding hydrogens is 154 g/mol. The van der Waals surface area contributed by atoms with E-state index in [1.165, 1.54) is 12.8 Å². The van der Waals surface area contributed by atoms with E-state index in [-0.39, 0.29) is 5.91 Å². The topological polar surface area (TPSA) is 57.8 Å². The second-order valence-electron chi connectivity index (χ2n) is 3.06. The minimum Gasteiger partial charge on any atom is -0.354 e. The molecule has 2 N–H and O–H groups in total. The molecule has 2 rings (SSSR count). The minimum absolute atomic E-state index is 0.127. The standard InChI is InChI=1S/C8H11N3O/c1-9-8(12)7-4-6(10-11-7)5-2-3-5/h4-5H,2-3H2,1H3,(H,9,12)(H,10,11). The molecule has 12 heavy (non-hydrogen) atoms. The van der Waals surface area contributed by atoms with Gasteiger partial charge in [0.1, 0.15) is 5.69 Å². The lowest BCUT2D eigenvalue weighted by atomic mass is 10.2. The predicted octanol–water partition coefficient (Wildman–Crippen LogP) is 0.647. The van der Waals surface area contributed by atoms with Gasteiger partial charge in [0.05, 0.1) is 0 Å². The van der Waals surface area contributed by atoms with Crippen molar-refractivity contribution in [3.05, 3.63) is 17.5 Å². The van der Waals surface area contributed by atoms with E-state index in [4.69, 9.17) is 0 Å². The number of aromatic nitrogens is 2. The molecule has 4 heteroatoms. The Morgan fingerprint density at radius 2 is 2.50 bits per heavy atom. The first-order valence-corrected chi connectivity index (χ1v) is 4.08. The third kappa shape index (κ3) is 1.20. The largest absolute Gasteiger partial charge is 0.354 e. The zero-order valence-corrected chi connectivity index (χ0v) is 6.92. The quantitative estimate of drug-likeness (QED) is 0.675. The molecule has 1 heterocycles. The van der Waals surface area contributed by atoms with Gasteiger partial charge in [0.25, 0.3) is 5.91 Å². The first-order valence-electron chi connectivity index (χ1n) is 4.08. The van der Waals surface area contributed by atoms with Crippen molar-refractivity contribution in [2.75, 3.05) is 7.05 Å².